The Balaban J connectivity index is 1.67. The van der Waals surface area contributed by atoms with Crippen LogP contribution in [0.15, 0.2) is 12.4 Å². The van der Waals surface area contributed by atoms with Gasteiger partial charge in [0.15, 0.2) is 0 Å². The molecule has 4 heterocycles. The first kappa shape index (κ1) is 19.5. The van der Waals surface area contributed by atoms with Crippen LogP contribution in [0.3, 0.4) is 0 Å². The molecule has 2 bridgehead atoms. The maximum Gasteiger partial charge on any atom is 0.281 e. The van der Waals surface area contributed by atoms with Gasteiger partial charge >= 0.3 is 0 Å². The minimum absolute atomic E-state index is 0.251. The van der Waals surface area contributed by atoms with Gasteiger partial charge in [-0.1, -0.05) is 6.92 Å². The quantitative estimate of drug-likeness (QED) is 0.758. The number of piperidine rings is 1. The second kappa shape index (κ2) is 8.16. The smallest absolute Gasteiger partial charge is 0.281 e. The first-order valence-corrected chi connectivity index (χ1v) is 10.8. The Labute approximate surface area is 156 Å². The van der Waals surface area contributed by atoms with E-state index in [1.54, 1.807) is 18.4 Å². The zero-order valence-electron chi connectivity index (χ0n) is 15.9. The van der Waals surface area contributed by atoms with Gasteiger partial charge in [0.1, 0.15) is 0 Å². The lowest BCUT2D eigenvalue weighted by Gasteiger charge is -2.36. The molecule has 3 fully saturated rings. The Bertz CT molecular complexity index is 694. The fourth-order valence-electron chi connectivity index (χ4n) is 3.75. The van der Waals surface area contributed by atoms with Crippen molar-refractivity contribution in [1.29, 1.82) is 0 Å². The molecule has 0 amide bonds. The molecule has 0 unspecified atom stereocenters. The third-order valence-corrected chi connectivity index (χ3v) is 7.08. The Morgan fingerprint density at radius 3 is 2.58 bits per heavy atom. The number of rotatable bonds is 7. The average Bonchev–Trinajstić information content (AvgIpc) is 2.93. The van der Waals surface area contributed by atoms with Gasteiger partial charge in [0.05, 0.1) is 0 Å². The van der Waals surface area contributed by atoms with E-state index in [1.165, 1.54) is 4.31 Å². The van der Waals surface area contributed by atoms with Crippen LogP contribution in [0.2, 0.25) is 0 Å². The van der Waals surface area contributed by atoms with Crippen LogP contribution in [-0.4, -0.2) is 78.2 Å². The predicted octanol–water partition coefficient (Wildman–Crippen LogP) is 1.00. The van der Waals surface area contributed by atoms with Gasteiger partial charge in [-0.05, 0) is 25.2 Å². The van der Waals surface area contributed by atoms with Crippen molar-refractivity contribution in [2.45, 2.75) is 38.8 Å². The molecule has 0 spiro atoms. The lowest BCUT2D eigenvalue weighted by atomic mass is 9.95. The Morgan fingerprint density at radius 2 is 1.92 bits per heavy atom. The highest BCUT2D eigenvalue weighted by Gasteiger charge is 2.39. The van der Waals surface area contributed by atoms with E-state index in [9.17, 15) is 8.42 Å². The van der Waals surface area contributed by atoms with Crippen molar-refractivity contribution < 1.29 is 8.42 Å². The van der Waals surface area contributed by atoms with Gasteiger partial charge in [0.25, 0.3) is 10.2 Å². The van der Waals surface area contributed by atoms with Gasteiger partial charge in [-0.15, -0.1) is 0 Å². The lowest BCUT2D eigenvalue weighted by Crippen LogP contribution is -2.45. The van der Waals surface area contributed by atoms with Crippen molar-refractivity contribution in [3.8, 4) is 0 Å². The molecule has 146 valence electrons. The maximum atomic E-state index is 12.6. The molecule has 0 radical (unpaired) electrons. The largest absolute Gasteiger partial charge is 0.354 e. The molecule has 1 aromatic heterocycles. The molecule has 1 N–H and O–H groups in total. The topological polar surface area (TPSA) is 81.7 Å². The summed E-state index contributed by atoms with van der Waals surface area (Å²) in [7, 11) is -0.148. The fourth-order valence-corrected chi connectivity index (χ4v) is 4.97. The monoisotopic (exact) mass is 382 g/mol. The van der Waals surface area contributed by atoms with Crippen LogP contribution in [-0.2, 0) is 16.8 Å². The molecular weight excluding hydrogens is 352 g/mol. The van der Waals surface area contributed by atoms with E-state index in [2.05, 4.69) is 27.1 Å². The summed E-state index contributed by atoms with van der Waals surface area (Å²) in [6.07, 6.45) is 6.92. The van der Waals surface area contributed by atoms with Gasteiger partial charge in [-0.3, -0.25) is 4.90 Å². The number of nitrogens with one attached hydrogen (secondary N) is 1. The van der Waals surface area contributed by atoms with Gasteiger partial charge in [-0.25, -0.2) is 9.97 Å². The minimum atomic E-state index is -3.35. The van der Waals surface area contributed by atoms with E-state index in [1.807, 2.05) is 12.4 Å². The molecule has 0 aliphatic carbocycles. The standard InChI is InChI=1S/C17H30N6O2S/c1-4-7-18-17-19-8-15(9-20-17)11-22-10-14-5-6-16(22)13-23(12-14)26(24,25)21(2)3/h8-9,14,16H,4-7,10-13H2,1-3H3,(H,18,19,20)/t14-,16-/m1/s1. The number of fused-ring (bicyclic) bond motifs is 4. The number of hydrogen-bond acceptors (Lipinski definition) is 6. The van der Waals surface area contributed by atoms with Crippen LogP contribution in [0.5, 0.6) is 0 Å². The fraction of sp³-hybridized carbons (Fsp3) is 0.765. The zero-order chi connectivity index (χ0) is 18.7. The molecule has 2 atom stereocenters. The molecule has 3 aliphatic heterocycles. The van der Waals surface area contributed by atoms with Crippen LogP contribution in [0.25, 0.3) is 0 Å². The second-order valence-corrected chi connectivity index (χ2v) is 9.62. The number of anilines is 1. The van der Waals surface area contributed by atoms with Crippen molar-refractivity contribution in [2.75, 3.05) is 45.6 Å². The summed E-state index contributed by atoms with van der Waals surface area (Å²) in [5.41, 5.74) is 1.07. The van der Waals surface area contributed by atoms with Crippen LogP contribution >= 0.6 is 0 Å². The van der Waals surface area contributed by atoms with Crippen LogP contribution in [0, 0.1) is 5.92 Å². The molecule has 0 saturated carbocycles. The number of hydrogen-bond donors (Lipinski definition) is 1. The van der Waals surface area contributed by atoms with Crippen molar-refractivity contribution >= 4 is 16.2 Å². The van der Waals surface area contributed by atoms with Gasteiger partial charge < -0.3 is 5.32 Å². The number of nitrogens with zero attached hydrogens (tertiary/aromatic N) is 5. The van der Waals surface area contributed by atoms with Crippen molar-refractivity contribution in [3.05, 3.63) is 18.0 Å². The molecule has 9 heteroatoms. The first-order valence-electron chi connectivity index (χ1n) is 9.36. The Hall–Kier alpha value is -1.29. The highest BCUT2D eigenvalue weighted by molar-refractivity contribution is 7.86. The molecular formula is C17H30N6O2S. The Morgan fingerprint density at radius 1 is 1.19 bits per heavy atom. The van der Waals surface area contributed by atoms with Crippen LogP contribution < -0.4 is 5.32 Å². The predicted molar refractivity (Wildman–Crippen MR) is 102 cm³/mol. The third kappa shape index (κ3) is 4.33. The van der Waals surface area contributed by atoms with Crippen molar-refractivity contribution in [1.82, 2.24) is 23.5 Å². The summed E-state index contributed by atoms with van der Waals surface area (Å²) >= 11 is 0. The molecule has 26 heavy (non-hydrogen) atoms. The number of aromatic nitrogens is 2. The SMILES string of the molecule is CCCNc1ncc(CN2C[C@H]3CC[C@@H]2CN(S(=O)(=O)N(C)C)C3)cn1. The Kier molecular flexibility index (Phi) is 6.11. The first-order chi connectivity index (χ1) is 12.4. The van der Waals surface area contributed by atoms with E-state index >= 15 is 0 Å². The zero-order valence-corrected chi connectivity index (χ0v) is 16.7. The lowest BCUT2D eigenvalue weighted by molar-refractivity contribution is 0.125. The summed E-state index contributed by atoms with van der Waals surface area (Å²) in [4.78, 5) is 11.2. The van der Waals surface area contributed by atoms with Crippen molar-refractivity contribution in [2.24, 2.45) is 5.92 Å². The molecule has 3 aliphatic rings. The van der Waals surface area contributed by atoms with Gasteiger partial charge in [0.2, 0.25) is 5.95 Å². The molecule has 3 saturated heterocycles. The third-order valence-electron chi connectivity index (χ3n) is 5.21. The molecule has 1 aromatic rings. The van der Waals surface area contributed by atoms with Gasteiger partial charge in [-0.2, -0.15) is 17.0 Å². The second-order valence-electron chi connectivity index (χ2n) is 7.48. The highest BCUT2D eigenvalue weighted by atomic mass is 32.2. The molecule has 0 aromatic carbocycles. The minimum Gasteiger partial charge on any atom is -0.354 e. The summed E-state index contributed by atoms with van der Waals surface area (Å²) in [6, 6.07) is 0.251. The highest BCUT2D eigenvalue weighted by Crippen LogP contribution is 2.30. The molecule has 8 nitrogen and oxygen atoms in total. The van der Waals surface area contributed by atoms with E-state index in [0.29, 0.717) is 25.0 Å². The van der Waals surface area contributed by atoms with E-state index < -0.39 is 10.2 Å². The van der Waals surface area contributed by atoms with Crippen molar-refractivity contribution in [3.63, 3.8) is 0 Å². The average molecular weight is 383 g/mol. The maximum absolute atomic E-state index is 12.6. The summed E-state index contributed by atoms with van der Waals surface area (Å²) in [5, 5.41) is 3.18. The van der Waals surface area contributed by atoms with Gasteiger partial charge in [0, 0.05) is 70.8 Å². The van der Waals surface area contributed by atoms with Crippen LogP contribution in [0.1, 0.15) is 31.7 Å². The van der Waals surface area contributed by atoms with Crippen LogP contribution in [0.4, 0.5) is 5.95 Å². The van der Waals surface area contributed by atoms with E-state index in [0.717, 1.165) is 44.5 Å². The summed E-state index contributed by atoms with van der Waals surface area (Å²) < 4.78 is 28.1. The summed E-state index contributed by atoms with van der Waals surface area (Å²) in [6.45, 7) is 5.85. The van der Waals surface area contributed by atoms with E-state index in [-0.39, 0.29) is 6.04 Å². The van der Waals surface area contributed by atoms with E-state index in [4.69, 9.17) is 0 Å². The summed E-state index contributed by atoms with van der Waals surface area (Å²) in [5.74, 6) is 1.05. The molecule has 4 rings (SSSR count). The normalized spacial score (nSPS) is 24.8.